The summed E-state index contributed by atoms with van der Waals surface area (Å²) in [7, 11) is -3.33. The molecule has 1 aromatic carbocycles. The van der Waals surface area contributed by atoms with Gasteiger partial charge in [0, 0.05) is 11.6 Å². The third-order valence-corrected chi connectivity index (χ3v) is 4.54. The van der Waals surface area contributed by atoms with Crippen LogP contribution in [-0.4, -0.2) is 19.4 Å². The molecule has 0 saturated heterocycles. The first-order chi connectivity index (χ1) is 8.88. The molecule has 19 heavy (non-hydrogen) atoms. The highest BCUT2D eigenvalue weighted by atomic mass is 32.2. The van der Waals surface area contributed by atoms with Gasteiger partial charge >= 0.3 is 0 Å². The van der Waals surface area contributed by atoms with Crippen molar-refractivity contribution < 1.29 is 8.42 Å². The maximum atomic E-state index is 12.0. The third-order valence-electron chi connectivity index (χ3n) is 2.90. The summed E-state index contributed by atoms with van der Waals surface area (Å²) in [6.07, 6.45) is 1.56. The van der Waals surface area contributed by atoms with Gasteiger partial charge in [-0.1, -0.05) is 44.3 Å². The normalized spacial score (nSPS) is 11.7. The molecule has 6 heteroatoms. The Kier molecular flexibility index (Phi) is 5.90. The number of hydrogen-bond acceptors (Lipinski definition) is 3. The lowest BCUT2D eigenvalue weighted by molar-refractivity contribution is 0.529. The Bertz CT molecular complexity index is 537. The largest absolute Gasteiger partial charge is 0.389 e. The van der Waals surface area contributed by atoms with E-state index in [9.17, 15) is 8.42 Å². The monoisotopic (exact) mass is 300 g/mol. The Morgan fingerprint density at radius 2 is 2.00 bits per heavy atom. The Labute approximate surface area is 120 Å². The van der Waals surface area contributed by atoms with Crippen molar-refractivity contribution >= 4 is 27.2 Å². The Morgan fingerprint density at radius 3 is 2.53 bits per heavy atom. The predicted molar refractivity (Wildman–Crippen MR) is 82.5 cm³/mol. The fraction of sp³-hybridized carbons (Fsp3) is 0.462. The van der Waals surface area contributed by atoms with E-state index < -0.39 is 10.0 Å². The van der Waals surface area contributed by atoms with Gasteiger partial charge in [0.15, 0.2) is 0 Å². The van der Waals surface area contributed by atoms with E-state index in [1.807, 2.05) is 13.8 Å². The molecule has 0 heterocycles. The van der Waals surface area contributed by atoms with Crippen LogP contribution in [0.3, 0.4) is 0 Å². The molecule has 0 radical (unpaired) electrons. The molecule has 1 aromatic rings. The van der Waals surface area contributed by atoms with E-state index in [0.717, 1.165) is 12.8 Å². The van der Waals surface area contributed by atoms with Gasteiger partial charge in [-0.05, 0) is 24.5 Å². The second-order valence-corrected chi connectivity index (χ2v) is 6.65. The third kappa shape index (κ3) is 5.26. The van der Waals surface area contributed by atoms with Crippen molar-refractivity contribution in [1.82, 2.24) is 4.72 Å². The first kappa shape index (κ1) is 16.1. The number of sulfonamides is 1. The molecular weight excluding hydrogens is 280 g/mol. The van der Waals surface area contributed by atoms with Crippen LogP contribution in [-0.2, 0) is 15.8 Å². The molecule has 0 aliphatic rings. The highest BCUT2D eigenvalue weighted by Crippen LogP contribution is 2.10. The van der Waals surface area contributed by atoms with Crippen molar-refractivity contribution in [1.29, 1.82) is 0 Å². The summed E-state index contributed by atoms with van der Waals surface area (Å²) in [4.78, 5) is 0.271. The lowest BCUT2D eigenvalue weighted by Crippen LogP contribution is -2.34. The van der Waals surface area contributed by atoms with E-state index >= 15 is 0 Å². The van der Waals surface area contributed by atoms with E-state index in [1.54, 1.807) is 24.3 Å². The SMILES string of the molecule is CCC(CC)NS(=O)(=O)Cc1cccc(C(N)=S)c1. The summed E-state index contributed by atoms with van der Waals surface area (Å²) >= 11 is 4.88. The molecule has 0 amide bonds. The summed E-state index contributed by atoms with van der Waals surface area (Å²) in [6, 6.07) is 7.00. The van der Waals surface area contributed by atoms with Crippen molar-refractivity contribution in [3.63, 3.8) is 0 Å². The fourth-order valence-corrected chi connectivity index (χ4v) is 3.45. The highest BCUT2D eigenvalue weighted by molar-refractivity contribution is 7.88. The van der Waals surface area contributed by atoms with Gasteiger partial charge in [0.2, 0.25) is 10.0 Å². The maximum absolute atomic E-state index is 12.0. The highest BCUT2D eigenvalue weighted by Gasteiger charge is 2.16. The van der Waals surface area contributed by atoms with Gasteiger partial charge in [0.25, 0.3) is 0 Å². The molecule has 1 rings (SSSR count). The summed E-state index contributed by atoms with van der Waals surface area (Å²) in [5.74, 6) is -0.0556. The number of hydrogen-bond donors (Lipinski definition) is 2. The van der Waals surface area contributed by atoms with Crippen LogP contribution in [0.15, 0.2) is 24.3 Å². The predicted octanol–water partition coefficient (Wildman–Crippen LogP) is 1.93. The molecule has 0 atom stereocenters. The smallest absolute Gasteiger partial charge is 0.216 e. The molecule has 0 aromatic heterocycles. The molecule has 0 bridgehead atoms. The minimum Gasteiger partial charge on any atom is -0.389 e. The topological polar surface area (TPSA) is 72.2 Å². The fourth-order valence-electron chi connectivity index (χ4n) is 1.78. The van der Waals surface area contributed by atoms with Gasteiger partial charge < -0.3 is 5.73 Å². The number of thiocarbonyl (C=S) groups is 1. The van der Waals surface area contributed by atoms with Crippen molar-refractivity contribution in [2.75, 3.05) is 0 Å². The van der Waals surface area contributed by atoms with Crippen LogP contribution in [0, 0.1) is 0 Å². The summed E-state index contributed by atoms with van der Waals surface area (Å²) in [5.41, 5.74) is 6.91. The number of rotatable bonds is 7. The van der Waals surface area contributed by atoms with Gasteiger partial charge in [0.05, 0.1) is 5.75 Å². The number of nitrogens with one attached hydrogen (secondary N) is 1. The van der Waals surface area contributed by atoms with Crippen molar-refractivity contribution in [3.05, 3.63) is 35.4 Å². The van der Waals surface area contributed by atoms with Gasteiger partial charge in [-0.15, -0.1) is 0 Å². The van der Waals surface area contributed by atoms with Crippen LogP contribution in [0.25, 0.3) is 0 Å². The second kappa shape index (κ2) is 6.98. The average molecular weight is 300 g/mol. The summed E-state index contributed by atoms with van der Waals surface area (Å²) < 4.78 is 26.8. The van der Waals surface area contributed by atoms with Crippen molar-refractivity contribution in [2.45, 2.75) is 38.5 Å². The Morgan fingerprint density at radius 1 is 1.37 bits per heavy atom. The minimum absolute atomic E-state index is 0.0104. The zero-order valence-corrected chi connectivity index (χ0v) is 12.9. The Balaban J connectivity index is 2.83. The lowest BCUT2D eigenvalue weighted by atomic mass is 10.1. The molecule has 4 nitrogen and oxygen atoms in total. The van der Waals surface area contributed by atoms with Crippen molar-refractivity contribution in [3.8, 4) is 0 Å². The zero-order chi connectivity index (χ0) is 14.5. The molecule has 0 aliphatic heterocycles. The summed E-state index contributed by atoms with van der Waals surface area (Å²) in [6.45, 7) is 3.92. The average Bonchev–Trinajstić information content (AvgIpc) is 2.35. The molecular formula is C13H20N2O2S2. The van der Waals surface area contributed by atoms with Gasteiger partial charge in [-0.25, -0.2) is 13.1 Å². The van der Waals surface area contributed by atoms with E-state index in [-0.39, 0.29) is 16.8 Å². The standard InChI is InChI=1S/C13H20N2O2S2/c1-3-12(4-2)15-19(16,17)9-10-6-5-7-11(8-10)13(14)18/h5-8,12,15H,3-4,9H2,1-2H3,(H2,14,18). The number of benzene rings is 1. The zero-order valence-electron chi connectivity index (χ0n) is 11.2. The van der Waals surface area contributed by atoms with Crippen LogP contribution < -0.4 is 10.5 Å². The first-order valence-corrected chi connectivity index (χ1v) is 8.32. The van der Waals surface area contributed by atoms with E-state index in [1.165, 1.54) is 0 Å². The van der Waals surface area contributed by atoms with E-state index in [2.05, 4.69) is 4.72 Å². The molecule has 106 valence electrons. The van der Waals surface area contributed by atoms with Gasteiger partial charge in [-0.3, -0.25) is 0 Å². The van der Waals surface area contributed by atoms with E-state index in [4.69, 9.17) is 18.0 Å². The molecule has 0 saturated carbocycles. The summed E-state index contributed by atoms with van der Waals surface area (Å²) in [5, 5.41) is 0. The number of nitrogens with two attached hydrogens (primary N) is 1. The Hall–Kier alpha value is -0.980. The molecule has 3 N–H and O–H groups in total. The van der Waals surface area contributed by atoms with Gasteiger partial charge in [0.1, 0.15) is 4.99 Å². The molecule has 0 fully saturated rings. The molecule has 0 unspecified atom stereocenters. The maximum Gasteiger partial charge on any atom is 0.216 e. The second-order valence-electron chi connectivity index (χ2n) is 4.45. The van der Waals surface area contributed by atoms with Crippen LogP contribution >= 0.6 is 12.2 Å². The molecule has 0 aliphatic carbocycles. The van der Waals surface area contributed by atoms with Gasteiger partial charge in [-0.2, -0.15) is 0 Å². The lowest BCUT2D eigenvalue weighted by Gasteiger charge is -2.15. The molecule has 0 spiro atoms. The van der Waals surface area contributed by atoms with E-state index in [0.29, 0.717) is 11.1 Å². The van der Waals surface area contributed by atoms with Crippen molar-refractivity contribution in [2.24, 2.45) is 5.73 Å². The van der Waals surface area contributed by atoms with Crippen LogP contribution in [0.5, 0.6) is 0 Å². The van der Waals surface area contributed by atoms with Crippen LogP contribution in [0.4, 0.5) is 0 Å². The minimum atomic E-state index is -3.33. The first-order valence-electron chi connectivity index (χ1n) is 6.26. The van der Waals surface area contributed by atoms with Crippen LogP contribution in [0.2, 0.25) is 0 Å². The van der Waals surface area contributed by atoms with Crippen LogP contribution in [0.1, 0.15) is 37.8 Å². The quantitative estimate of drug-likeness (QED) is 0.755.